The highest BCUT2D eigenvalue weighted by Gasteiger charge is 2.07. The molecule has 116 valence electrons. The Morgan fingerprint density at radius 1 is 0.727 bits per heavy atom. The summed E-state index contributed by atoms with van der Waals surface area (Å²) in [7, 11) is 0. The average Bonchev–Trinajstić information content (AvgIpc) is 2.49. The van der Waals surface area contributed by atoms with Crippen LogP contribution in [-0.2, 0) is 22.7 Å². The molecular weight excluding hydrogens is 370 g/mol. The normalized spacial score (nSPS) is 10.4. The Hall–Kier alpha value is -1.13. The van der Waals surface area contributed by atoms with Crippen LogP contribution in [0.3, 0.4) is 0 Å². The van der Waals surface area contributed by atoms with Gasteiger partial charge < -0.3 is 9.47 Å². The Bertz CT molecular complexity index is 631. The third-order valence-corrected chi connectivity index (χ3v) is 4.16. The molecule has 0 N–H and O–H groups in total. The highest BCUT2D eigenvalue weighted by atomic mass is 35.5. The van der Waals surface area contributed by atoms with E-state index in [1.54, 1.807) is 36.4 Å². The first-order valence-electron chi connectivity index (χ1n) is 6.13. The molecule has 0 spiro atoms. The van der Waals surface area contributed by atoms with Crippen LogP contribution in [0.4, 0.5) is 4.79 Å². The van der Waals surface area contributed by atoms with E-state index < -0.39 is 6.16 Å². The summed E-state index contributed by atoms with van der Waals surface area (Å²) >= 11 is 23.3. The quantitative estimate of drug-likeness (QED) is 0.597. The molecule has 0 saturated carbocycles. The minimum atomic E-state index is -0.794. The van der Waals surface area contributed by atoms with Crippen molar-refractivity contribution in [2.75, 3.05) is 0 Å². The third-order valence-electron chi connectivity index (χ3n) is 2.68. The first-order valence-corrected chi connectivity index (χ1v) is 7.64. The van der Waals surface area contributed by atoms with Gasteiger partial charge in [-0.2, -0.15) is 0 Å². The van der Waals surface area contributed by atoms with E-state index in [4.69, 9.17) is 55.9 Å². The van der Waals surface area contributed by atoms with Crippen LogP contribution < -0.4 is 0 Å². The van der Waals surface area contributed by atoms with Crippen molar-refractivity contribution in [2.24, 2.45) is 0 Å². The fraction of sp³-hybridized carbons (Fsp3) is 0.133. The number of hydrogen-bond acceptors (Lipinski definition) is 3. The van der Waals surface area contributed by atoms with Gasteiger partial charge in [-0.25, -0.2) is 4.79 Å². The second-order valence-corrected chi connectivity index (χ2v) is 5.95. The SMILES string of the molecule is O=C(OCc1ccc(Cl)c(Cl)c1)OCc1ccc(Cl)c(Cl)c1. The Kier molecular flexibility index (Phi) is 6.21. The molecule has 0 unspecified atom stereocenters. The number of ether oxygens (including phenoxy) is 2. The molecule has 3 nitrogen and oxygen atoms in total. The number of carbonyl (C=O) groups is 1. The van der Waals surface area contributed by atoms with Crippen molar-refractivity contribution in [3.8, 4) is 0 Å². The second kappa shape index (κ2) is 7.93. The smallest absolute Gasteiger partial charge is 0.429 e. The first kappa shape index (κ1) is 17.2. The molecule has 0 aromatic heterocycles. The summed E-state index contributed by atoms with van der Waals surface area (Å²) in [5.41, 5.74) is 1.42. The van der Waals surface area contributed by atoms with Crippen LogP contribution in [0.15, 0.2) is 36.4 Å². The molecule has 0 radical (unpaired) electrons. The molecule has 2 rings (SSSR count). The van der Waals surface area contributed by atoms with E-state index in [2.05, 4.69) is 0 Å². The van der Waals surface area contributed by atoms with Crippen molar-refractivity contribution < 1.29 is 14.3 Å². The molecule has 0 atom stereocenters. The summed E-state index contributed by atoms with van der Waals surface area (Å²) in [6.45, 7) is 0.0776. The van der Waals surface area contributed by atoms with Crippen molar-refractivity contribution in [1.82, 2.24) is 0 Å². The van der Waals surface area contributed by atoms with Gasteiger partial charge >= 0.3 is 6.16 Å². The van der Waals surface area contributed by atoms with E-state index in [-0.39, 0.29) is 13.2 Å². The minimum absolute atomic E-state index is 0.0388. The van der Waals surface area contributed by atoms with Crippen molar-refractivity contribution in [3.63, 3.8) is 0 Å². The molecule has 0 saturated heterocycles. The van der Waals surface area contributed by atoms with Gasteiger partial charge in [0.05, 0.1) is 20.1 Å². The van der Waals surface area contributed by atoms with Crippen LogP contribution in [0.1, 0.15) is 11.1 Å². The summed E-state index contributed by atoms with van der Waals surface area (Å²) in [5.74, 6) is 0. The Balaban J connectivity index is 1.82. The maximum Gasteiger partial charge on any atom is 0.508 e. The zero-order chi connectivity index (χ0) is 16.1. The van der Waals surface area contributed by atoms with Crippen molar-refractivity contribution in [2.45, 2.75) is 13.2 Å². The second-order valence-electron chi connectivity index (χ2n) is 4.32. The highest BCUT2D eigenvalue weighted by Crippen LogP contribution is 2.24. The van der Waals surface area contributed by atoms with Crippen LogP contribution in [-0.4, -0.2) is 6.16 Å². The molecule has 22 heavy (non-hydrogen) atoms. The number of rotatable bonds is 4. The van der Waals surface area contributed by atoms with Crippen molar-refractivity contribution in [3.05, 3.63) is 67.6 Å². The number of carbonyl (C=O) groups excluding carboxylic acids is 1. The van der Waals surface area contributed by atoms with Crippen molar-refractivity contribution >= 4 is 52.6 Å². The summed E-state index contributed by atoms with van der Waals surface area (Å²) in [6, 6.07) is 9.92. The summed E-state index contributed by atoms with van der Waals surface area (Å²) in [5, 5.41) is 1.67. The van der Waals surface area contributed by atoms with E-state index in [0.717, 1.165) is 0 Å². The molecule has 0 aliphatic rings. The lowest BCUT2D eigenvalue weighted by molar-refractivity contribution is 0.0446. The van der Waals surface area contributed by atoms with E-state index in [1.165, 1.54) is 0 Å². The number of halogens is 4. The van der Waals surface area contributed by atoms with Crippen LogP contribution >= 0.6 is 46.4 Å². The van der Waals surface area contributed by atoms with Crippen molar-refractivity contribution in [1.29, 1.82) is 0 Å². The Morgan fingerprint density at radius 2 is 1.14 bits per heavy atom. The minimum Gasteiger partial charge on any atom is -0.429 e. The van der Waals surface area contributed by atoms with Gasteiger partial charge in [0.2, 0.25) is 0 Å². The van der Waals surface area contributed by atoms with E-state index in [0.29, 0.717) is 31.2 Å². The average molecular weight is 380 g/mol. The van der Waals surface area contributed by atoms with Gasteiger partial charge in [-0.3, -0.25) is 0 Å². The fourth-order valence-corrected chi connectivity index (χ4v) is 2.23. The van der Waals surface area contributed by atoms with E-state index in [9.17, 15) is 4.79 Å². The molecule has 0 amide bonds. The Labute approximate surface area is 147 Å². The molecule has 0 heterocycles. The zero-order valence-corrected chi connectivity index (χ0v) is 14.1. The van der Waals surface area contributed by atoms with Gasteiger partial charge in [0.25, 0.3) is 0 Å². The molecule has 2 aromatic carbocycles. The third kappa shape index (κ3) is 4.96. The highest BCUT2D eigenvalue weighted by molar-refractivity contribution is 6.42. The van der Waals surface area contributed by atoms with Gasteiger partial charge in [0, 0.05) is 0 Å². The number of hydrogen-bond donors (Lipinski definition) is 0. The van der Waals surface area contributed by atoms with Gasteiger partial charge in [-0.15, -0.1) is 0 Å². The molecule has 0 fully saturated rings. The van der Waals surface area contributed by atoms with Crippen LogP contribution in [0.25, 0.3) is 0 Å². The first-order chi connectivity index (χ1) is 10.5. The van der Waals surface area contributed by atoms with Crippen LogP contribution in [0.2, 0.25) is 20.1 Å². The predicted octanol–water partition coefficient (Wildman–Crippen LogP) is 6.15. The molecular formula is C15H10Cl4O3. The van der Waals surface area contributed by atoms with Gasteiger partial charge in [0.15, 0.2) is 0 Å². The van der Waals surface area contributed by atoms with Gasteiger partial charge in [0.1, 0.15) is 13.2 Å². The van der Waals surface area contributed by atoms with Crippen LogP contribution in [0.5, 0.6) is 0 Å². The lowest BCUT2D eigenvalue weighted by Crippen LogP contribution is -2.07. The van der Waals surface area contributed by atoms with Gasteiger partial charge in [-0.1, -0.05) is 58.5 Å². The topological polar surface area (TPSA) is 35.5 Å². The van der Waals surface area contributed by atoms with E-state index >= 15 is 0 Å². The van der Waals surface area contributed by atoms with Crippen LogP contribution in [0, 0.1) is 0 Å². The maximum atomic E-state index is 11.5. The lowest BCUT2D eigenvalue weighted by atomic mass is 10.2. The predicted molar refractivity (Wildman–Crippen MR) is 87.9 cm³/mol. The maximum absolute atomic E-state index is 11.5. The fourth-order valence-electron chi connectivity index (χ4n) is 1.59. The molecule has 2 aromatic rings. The van der Waals surface area contributed by atoms with E-state index in [1.807, 2.05) is 0 Å². The summed E-state index contributed by atoms with van der Waals surface area (Å²) in [4.78, 5) is 11.5. The lowest BCUT2D eigenvalue weighted by Gasteiger charge is -2.07. The standard InChI is InChI=1S/C15H10Cl4O3/c16-11-3-1-9(5-13(11)18)7-21-15(20)22-8-10-2-4-12(17)14(19)6-10/h1-6H,7-8H2. The zero-order valence-electron chi connectivity index (χ0n) is 11.1. The number of benzene rings is 2. The monoisotopic (exact) mass is 378 g/mol. The largest absolute Gasteiger partial charge is 0.508 e. The molecule has 7 heteroatoms. The summed E-state index contributed by atoms with van der Waals surface area (Å²) < 4.78 is 9.95. The molecule has 0 aliphatic carbocycles. The van der Waals surface area contributed by atoms with Gasteiger partial charge in [-0.05, 0) is 35.4 Å². The summed E-state index contributed by atoms with van der Waals surface area (Å²) in [6.07, 6.45) is -0.794. The Morgan fingerprint density at radius 3 is 1.50 bits per heavy atom. The molecule has 0 aliphatic heterocycles. The molecule has 0 bridgehead atoms.